The fourth-order valence-electron chi connectivity index (χ4n) is 3.30. The van der Waals surface area contributed by atoms with E-state index in [0.717, 1.165) is 0 Å². The second kappa shape index (κ2) is 8.28. The predicted octanol–water partition coefficient (Wildman–Crippen LogP) is 1.21. The first-order valence-electron chi connectivity index (χ1n) is 8.55. The molecule has 2 fully saturated rings. The van der Waals surface area contributed by atoms with Gasteiger partial charge in [-0.3, -0.25) is 9.69 Å². The van der Waals surface area contributed by atoms with E-state index in [9.17, 15) is 9.18 Å². The Morgan fingerprint density at radius 2 is 2.12 bits per heavy atom. The molecule has 0 unspecified atom stereocenters. The van der Waals surface area contributed by atoms with E-state index < -0.39 is 12.2 Å². The average Bonchev–Trinajstić information content (AvgIpc) is 3.03. The van der Waals surface area contributed by atoms with Gasteiger partial charge in [-0.25, -0.2) is 4.39 Å². The predicted molar refractivity (Wildman–Crippen MR) is 88.9 cm³/mol. The number of alkyl halides is 1. The number of hydrogen-bond donors (Lipinski definition) is 0. The molecular formula is C18H22FN3O3. The van der Waals surface area contributed by atoms with E-state index in [1.165, 1.54) is 0 Å². The van der Waals surface area contributed by atoms with Crippen LogP contribution >= 0.6 is 0 Å². The van der Waals surface area contributed by atoms with Gasteiger partial charge < -0.3 is 14.4 Å². The molecule has 0 spiro atoms. The highest BCUT2D eigenvalue weighted by Crippen LogP contribution is 2.23. The Morgan fingerprint density at radius 3 is 2.88 bits per heavy atom. The second-order valence-corrected chi connectivity index (χ2v) is 6.24. The maximum Gasteiger partial charge on any atom is 0.240 e. The Hall–Kier alpha value is -2.17. The van der Waals surface area contributed by atoms with E-state index >= 15 is 0 Å². The van der Waals surface area contributed by atoms with Gasteiger partial charge in [-0.05, 0) is 12.1 Å². The molecule has 1 aromatic carbocycles. The minimum Gasteiger partial charge on any atom is -0.491 e. The molecule has 0 radical (unpaired) electrons. The van der Waals surface area contributed by atoms with Gasteiger partial charge in [-0.2, -0.15) is 5.26 Å². The minimum atomic E-state index is -0.999. The number of morpholine rings is 1. The molecule has 6 nitrogen and oxygen atoms in total. The quantitative estimate of drug-likeness (QED) is 0.801. The molecule has 2 aliphatic rings. The van der Waals surface area contributed by atoms with E-state index in [1.54, 1.807) is 29.2 Å². The molecule has 0 aromatic heterocycles. The van der Waals surface area contributed by atoms with Crippen LogP contribution in [0.25, 0.3) is 0 Å². The monoisotopic (exact) mass is 347 g/mol. The first kappa shape index (κ1) is 17.6. The Balaban J connectivity index is 1.56. The van der Waals surface area contributed by atoms with Crippen LogP contribution in [0.5, 0.6) is 5.75 Å². The number of benzene rings is 1. The summed E-state index contributed by atoms with van der Waals surface area (Å²) in [4.78, 5) is 16.3. The molecule has 7 heteroatoms. The molecule has 2 saturated heterocycles. The highest BCUT2D eigenvalue weighted by molar-refractivity contribution is 5.82. The van der Waals surface area contributed by atoms with Crippen molar-refractivity contribution in [3.63, 3.8) is 0 Å². The molecule has 0 aliphatic carbocycles. The molecule has 1 amide bonds. The van der Waals surface area contributed by atoms with Gasteiger partial charge in [-0.1, -0.05) is 12.1 Å². The number of rotatable bonds is 5. The Kier molecular flexibility index (Phi) is 5.84. The number of carbonyl (C=O) groups excluding carboxylic acids is 1. The number of amides is 1. The highest BCUT2D eigenvalue weighted by atomic mass is 19.1. The van der Waals surface area contributed by atoms with Gasteiger partial charge in [0, 0.05) is 32.6 Å². The van der Waals surface area contributed by atoms with E-state index in [-0.39, 0.29) is 18.9 Å². The first-order chi connectivity index (χ1) is 12.2. The molecule has 0 N–H and O–H groups in total. The molecule has 2 heterocycles. The van der Waals surface area contributed by atoms with Crippen molar-refractivity contribution >= 4 is 5.91 Å². The Bertz CT molecular complexity index is 643. The zero-order valence-corrected chi connectivity index (χ0v) is 14.1. The van der Waals surface area contributed by atoms with Gasteiger partial charge in [0.25, 0.3) is 0 Å². The maximum atomic E-state index is 13.9. The summed E-state index contributed by atoms with van der Waals surface area (Å²) in [5.41, 5.74) is 0.466. The van der Waals surface area contributed by atoms with Crippen molar-refractivity contribution in [2.45, 2.75) is 18.6 Å². The summed E-state index contributed by atoms with van der Waals surface area (Å²) >= 11 is 0. The fraction of sp³-hybridized carbons (Fsp3) is 0.556. The summed E-state index contributed by atoms with van der Waals surface area (Å²) in [5, 5.41) is 9.07. The summed E-state index contributed by atoms with van der Waals surface area (Å²) in [6.45, 7) is 3.18. The van der Waals surface area contributed by atoms with E-state index in [2.05, 4.69) is 6.07 Å². The summed E-state index contributed by atoms with van der Waals surface area (Å²) in [6, 6.07) is 8.63. The normalized spacial score (nSPS) is 24.1. The lowest BCUT2D eigenvalue weighted by Gasteiger charge is -2.32. The SMILES string of the molecule is N#Cc1ccccc1OCCN1C[C@H](F)C[C@H]1C(=O)N1CCOCC1. The smallest absolute Gasteiger partial charge is 0.240 e. The van der Waals surface area contributed by atoms with Crippen molar-refractivity contribution < 1.29 is 18.7 Å². The van der Waals surface area contributed by atoms with Gasteiger partial charge in [0.1, 0.15) is 24.6 Å². The number of para-hydroxylation sites is 1. The Morgan fingerprint density at radius 1 is 1.36 bits per heavy atom. The fourth-order valence-corrected chi connectivity index (χ4v) is 3.30. The third-order valence-electron chi connectivity index (χ3n) is 4.60. The van der Waals surface area contributed by atoms with Crippen molar-refractivity contribution in [1.82, 2.24) is 9.80 Å². The number of nitrogens with zero attached hydrogens (tertiary/aromatic N) is 3. The number of nitriles is 1. The van der Waals surface area contributed by atoms with E-state index in [1.807, 2.05) is 4.90 Å². The molecule has 25 heavy (non-hydrogen) atoms. The lowest BCUT2D eigenvalue weighted by atomic mass is 10.1. The van der Waals surface area contributed by atoms with Crippen molar-refractivity contribution in [3.05, 3.63) is 29.8 Å². The van der Waals surface area contributed by atoms with Crippen molar-refractivity contribution in [2.75, 3.05) is 46.0 Å². The standard InChI is InChI=1S/C18H22FN3O3/c19-15-11-16(18(23)21-5-8-24-9-6-21)22(13-15)7-10-25-17-4-2-1-3-14(17)12-20/h1-4,15-16H,5-11,13H2/t15-,16+/m1/s1. The number of hydrogen-bond acceptors (Lipinski definition) is 5. The van der Waals surface area contributed by atoms with Gasteiger partial charge in [0.15, 0.2) is 0 Å². The summed E-state index contributed by atoms with van der Waals surface area (Å²) in [7, 11) is 0. The number of halogens is 1. The third-order valence-corrected chi connectivity index (χ3v) is 4.60. The number of carbonyl (C=O) groups is 1. The van der Waals surface area contributed by atoms with Crippen molar-refractivity contribution in [3.8, 4) is 11.8 Å². The molecule has 3 rings (SSSR count). The lowest BCUT2D eigenvalue weighted by Crippen LogP contribution is -2.50. The molecule has 134 valence electrons. The zero-order chi connectivity index (χ0) is 17.6. The third kappa shape index (κ3) is 4.27. The van der Waals surface area contributed by atoms with E-state index in [4.69, 9.17) is 14.7 Å². The molecule has 1 aromatic rings. The average molecular weight is 347 g/mol. The Labute approximate surface area is 146 Å². The topological polar surface area (TPSA) is 65.8 Å². The molecule has 2 atom stereocenters. The number of ether oxygens (including phenoxy) is 2. The summed E-state index contributed by atoms with van der Waals surface area (Å²) in [6.07, 6.45) is -0.772. The van der Waals surface area contributed by atoms with Gasteiger partial charge in [-0.15, -0.1) is 0 Å². The minimum absolute atomic E-state index is 0.0270. The van der Waals surface area contributed by atoms with Crippen LogP contribution < -0.4 is 4.74 Å². The summed E-state index contributed by atoms with van der Waals surface area (Å²) < 4.78 is 24.8. The molecular weight excluding hydrogens is 325 g/mol. The number of likely N-dealkylation sites (tertiary alicyclic amines) is 1. The maximum absolute atomic E-state index is 13.9. The van der Waals surface area contributed by atoms with Crippen LogP contribution in [0.2, 0.25) is 0 Å². The van der Waals surface area contributed by atoms with Gasteiger partial charge >= 0.3 is 0 Å². The van der Waals surface area contributed by atoms with Crippen molar-refractivity contribution in [2.24, 2.45) is 0 Å². The molecule has 0 bridgehead atoms. The van der Waals surface area contributed by atoms with Gasteiger partial charge in [0.2, 0.25) is 5.91 Å². The zero-order valence-electron chi connectivity index (χ0n) is 14.1. The van der Waals surface area contributed by atoms with Crippen LogP contribution in [0, 0.1) is 11.3 Å². The van der Waals surface area contributed by atoms with Crippen LogP contribution in [0.3, 0.4) is 0 Å². The van der Waals surface area contributed by atoms with Gasteiger partial charge in [0.05, 0.1) is 24.8 Å². The largest absolute Gasteiger partial charge is 0.491 e. The van der Waals surface area contributed by atoms with Crippen LogP contribution in [-0.4, -0.2) is 73.9 Å². The lowest BCUT2D eigenvalue weighted by molar-refractivity contribution is -0.140. The molecule has 0 saturated carbocycles. The van der Waals surface area contributed by atoms with Crippen molar-refractivity contribution in [1.29, 1.82) is 5.26 Å². The second-order valence-electron chi connectivity index (χ2n) is 6.24. The van der Waals surface area contributed by atoms with Crippen LogP contribution in [0.4, 0.5) is 4.39 Å². The van der Waals surface area contributed by atoms with Crippen LogP contribution in [0.15, 0.2) is 24.3 Å². The van der Waals surface area contributed by atoms with E-state index in [0.29, 0.717) is 50.8 Å². The van der Waals surface area contributed by atoms with Crippen LogP contribution in [-0.2, 0) is 9.53 Å². The first-order valence-corrected chi connectivity index (χ1v) is 8.55. The van der Waals surface area contributed by atoms with Crippen LogP contribution in [0.1, 0.15) is 12.0 Å². The molecule has 2 aliphatic heterocycles. The summed E-state index contributed by atoms with van der Waals surface area (Å²) in [5.74, 6) is 0.484. The highest BCUT2D eigenvalue weighted by Gasteiger charge is 2.39.